The first-order chi connectivity index (χ1) is 6.63. The summed E-state index contributed by atoms with van der Waals surface area (Å²) in [6.07, 6.45) is 1.21. The van der Waals surface area contributed by atoms with Crippen molar-refractivity contribution in [2.75, 3.05) is 0 Å². The van der Waals surface area contributed by atoms with Gasteiger partial charge in [0.1, 0.15) is 5.82 Å². The molecule has 0 radical (unpaired) electrons. The van der Waals surface area contributed by atoms with Gasteiger partial charge in [-0.25, -0.2) is 4.39 Å². The number of benzene rings is 1. The average molecular weight is 193 g/mol. The Labute approximate surface area is 82.4 Å². The minimum atomic E-state index is -0.281. The molecule has 0 aliphatic heterocycles. The fourth-order valence-electron chi connectivity index (χ4n) is 1.11. The van der Waals surface area contributed by atoms with Gasteiger partial charge in [-0.05, 0) is 30.7 Å². The van der Waals surface area contributed by atoms with Crippen molar-refractivity contribution < 1.29 is 9.18 Å². The molecule has 1 aromatic carbocycles. The number of hydrogen-bond acceptors (Lipinski definition) is 1. The summed E-state index contributed by atoms with van der Waals surface area (Å²) in [7, 11) is 0. The molecule has 0 aliphatic carbocycles. The number of amides is 1. The maximum atomic E-state index is 12.6. The Morgan fingerprint density at radius 1 is 1.50 bits per heavy atom. The number of carbonyl (C=O) groups is 1. The Morgan fingerprint density at radius 3 is 2.57 bits per heavy atom. The van der Waals surface area contributed by atoms with Crippen LogP contribution >= 0.6 is 0 Å². The molecule has 1 N–H and O–H groups in total. The molecule has 2 nitrogen and oxygen atoms in total. The van der Waals surface area contributed by atoms with Gasteiger partial charge in [-0.15, -0.1) is 0 Å². The van der Waals surface area contributed by atoms with Crippen molar-refractivity contribution in [3.05, 3.63) is 48.3 Å². The highest BCUT2D eigenvalue weighted by Crippen LogP contribution is 2.12. The molecule has 14 heavy (non-hydrogen) atoms. The summed E-state index contributed by atoms with van der Waals surface area (Å²) >= 11 is 0. The van der Waals surface area contributed by atoms with Crippen LogP contribution < -0.4 is 5.32 Å². The lowest BCUT2D eigenvalue weighted by Gasteiger charge is -2.12. The number of halogens is 1. The summed E-state index contributed by atoms with van der Waals surface area (Å²) in [4.78, 5) is 11.0. The molecule has 0 aliphatic rings. The minimum Gasteiger partial charge on any atom is -0.346 e. The summed E-state index contributed by atoms with van der Waals surface area (Å²) in [5.41, 5.74) is 0.863. The topological polar surface area (TPSA) is 29.1 Å². The molecule has 0 bridgehead atoms. The fraction of sp³-hybridized carbons (Fsp3) is 0.182. The van der Waals surface area contributed by atoms with Crippen molar-refractivity contribution in [1.82, 2.24) is 5.32 Å². The minimum absolute atomic E-state index is 0.138. The molecule has 1 atom stereocenters. The third kappa shape index (κ3) is 2.69. The van der Waals surface area contributed by atoms with E-state index in [4.69, 9.17) is 0 Å². The van der Waals surface area contributed by atoms with Crippen molar-refractivity contribution in [2.24, 2.45) is 0 Å². The first-order valence-electron chi connectivity index (χ1n) is 4.32. The van der Waals surface area contributed by atoms with E-state index in [1.54, 1.807) is 12.1 Å². The Balaban J connectivity index is 2.69. The van der Waals surface area contributed by atoms with Crippen LogP contribution in [0.15, 0.2) is 36.9 Å². The van der Waals surface area contributed by atoms with Gasteiger partial charge in [0.05, 0.1) is 6.04 Å². The highest BCUT2D eigenvalue weighted by Gasteiger charge is 2.06. The lowest BCUT2D eigenvalue weighted by molar-refractivity contribution is -0.117. The third-order valence-corrected chi connectivity index (χ3v) is 1.91. The molecule has 0 saturated heterocycles. The molecule has 1 amide bonds. The van der Waals surface area contributed by atoms with E-state index < -0.39 is 0 Å². The Hall–Kier alpha value is -1.64. The number of carbonyl (C=O) groups excluding carboxylic acids is 1. The highest BCUT2D eigenvalue weighted by atomic mass is 19.1. The molecule has 3 heteroatoms. The standard InChI is InChI=1S/C11H12FNO/c1-3-11(14)13-8(2)9-4-6-10(12)7-5-9/h3-8H,1H2,2H3,(H,13,14)/t8-/m1/s1. The molecule has 0 heterocycles. The van der Waals surface area contributed by atoms with Gasteiger partial charge in [0, 0.05) is 0 Å². The summed E-state index contributed by atoms with van der Waals surface area (Å²) in [6, 6.07) is 5.88. The van der Waals surface area contributed by atoms with Gasteiger partial charge >= 0.3 is 0 Å². The Morgan fingerprint density at radius 2 is 2.07 bits per heavy atom. The maximum absolute atomic E-state index is 12.6. The number of rotatable bonds is 3. The van der Waals surface area contributed by atoms with Gasteiger partial charge in [-0.1, -0.05) is 18.7 Å². The molecular weight excluding hydrogens is 181 g/mol. The Kier molecular flexibility index (Phi) is 3.40. The lowest BCUT2D eigenvalue weighted by atomic mass is 10.1. The molecule has 0 saturated carbocycles. The maximum Gasteiger partial charge on any atom is 0.243 e. The van der Waals surface area contributed by atoms with Gasteiger partial charge in [0.25, 0.3) is 0 Å². The first-order valence-corrected chi connectivity index (χ1v) is 4.32. The second kappa shape index (κ2) is 4.56. The molecule has 0 unspecified atom stereocenters. The van der Waals surface area contributed by atoms with Gasteiger partial charge < -0.3 is 5.32 Å². The Bertz CT molecular complexity index is 332. The first kappa shape index (κ1) is 10.4. The lowest BCUT2D eigenvalue weighted by Crippen LogP contribution is -2.24. The van der Waals surface area contributed by atoms with E-state index in [2.05, 4.69) is 11.9 Å². The highest BCUT2D eigenvalue weighted by molar-refractivity contribution is 5.87. The predicted octanol–water partition coefficient (Wildman–Crippen LogP) is 2.19. The molecule has 1 rings (SSSR count). The smallest absolute Gasteiger partial charge is 0.243 e. The van der Waals surface area contributed by atoms with Crippen LogP contribution in [0.25, 0.3) is 0 Å². The van der Waals surface area contributed by atoms with Crippen LogP contribution in [0.5, 0.6) is 0 Å². The zero-order valence-electron chi connectivity index (χ0n) is 7.96. The van der Waals surface area contributed by atoms with E-state index in [0.29, 0.717) is 0 Å². The second-order valence-corrected chi connectivity index (χ2v) is 2.99. The molecule has 74 valence electrons. The van der Waals surface area contributed by atoms with E-state index in [1.807, 2.05) is 6.92 Å². The van der Waals surface area contributed by atoms with Gasteiger partial charge in [-0.3, -0.25) is 4.79 Å². The molecule has 0 aromatic heterocycles. The van der Waals surface area contributed by atoms with Crippen molar-refractivity contribution in [2.45, 2.75) is 13.0 Å². The SMILES string of the molecule is C=CC(=O)N[C@H](C)c1ccc(F)cc1. The van der Waals surface area contributed by atoms with E-state index in [-0.39, 0.29) is 17.8 Å². The second-order valence-electron chi connectivity index (χ2n) is 2.99. The van der Waals surface area contributed by atoms with Crippen LogP contribution in [0.4, 0.5) is 4.39 Å². The molecular formula is C11H12FNO. The van der Waals surface area contributed by atoms with Gasteiger partial charge in [0.2, 0.25) is 5.91 Å². The molecule has 0 spiro atoms. The fourth-order valence-corrected chi connectivity index (χ4v) is 1.11. The van der Waals surface area contributed by atoms with Crippen LogP contribution in [0.2, 0.25) is 0 Å². The summed E-state index contributed by atoms with van der Waals surface area (Å²) in [5.74, 6) is -0.516. The van der Waals surface area contributed by atoms with Crippen LogP contribution in [0.1, 0.15) is 18.5 Å². The average Bonchev–Trinajstić information content (AvgIpc) is 2.18. The van der Waals surface area contributed by atoms with E-state index in [9.17, 15) is 9.18 Å². The summed E-state index contributed by atoms with van der Waals surface area (Å²) in [6.45, 7) is 5.18. The van der Waals surface area contributed by atoms with Gasteiger partial charge in [-0.2, -0.15) is 0 Å². The van der Waals surface area contributed by atoms with Crippen molar-refractivity contribution in [1.29, 1.82) is 0 Å². The van der Waals surface area contributed by atoms with Crippen LogP contribution in [-0.4, -0.2) is 5.91 Å². The normalized spacial score (nSPS) is 11.9. The summed E-state index contributed by atoms with van der Waals surface area (Å²) < 4.78 is 12.6. The predicted molar refractivity (Wildman–Crippen MR) is 53.2 cm³/mol. The van der Waals surface area contributed by atoms with E-state index >= 15 is 0 Å². The zero-order chi connectivity index (χ0) is 10.6. The van der Waals surface area contributed by atoms with Crippen molar-refractivity contribution in [3.63, 3.8) is 0 Å². The molecule has 0 fully saturated rings. The third-order valence-electron chi connectivity index (χ3n) is 1.91. The van der Waals surface area contributed by atoms with E-state index in [1.165, 1.54) is 18.2 Å². The zero-order valence-corrected chi connectivity index (χ0v) is 7.96. The summed E-state index contributed by atoms with van der Waals surface area (Å²) in [5, 5.41) is 2.69. The van der Waals surface area contributed by atoms with Crippen LogP contribution in [0.3, 0.4) is 0 Å². The van der Waals surface area contributed by atoms with Crippen molar-refractivity contribution in [3.8, 4) is 0 Å². The van der Waals surface area contributed by atoms with Crippen LogP contribution in [0, 0.1) is 5.82 Å². The van der Waals surface area contributed by atoms with Gasteiger partial charge in [0.15, 0.2) is 0 Å². The monoisotopic (exact) mass is 193 g/mol. The molecule has 1 aromatic rings. The largest absolute Gasteiger partial charge is 0.346 e. The van der Waals surface area contributed by atoms with Crippen molar-refractivity contribution >= 4 is 5.91 Å². The number of nitrogens with one attached hydrogen (secondary N) is 1. The quantitative estimate of drug-likeness (QED) is 0.732. The number of hydrogen-bond donors (Lipinski definition) is 1. The van der Waals surface area contributed by atoms with E-state index in [0.717, 1.165) is 5.56 Å². The van der Waals surface area contributed by atoms with Crippen LogP contribution in [-0.2, 0) is 4.79 Å².